The number of nitrogens with zero attached hydrogens (tertiary/aromatic N) is 2. The van der Waals surface area contributed by atoms with Crippen LogP contribution in [0.3, 0.4) is 0 Å². The highest BCUT2D eigenvalue weighted by molar-refractivity contribution is 5.94. The lowest BCUT2D eigenvalue weighted by Crippen LogP contribution is -2.58. The minimum absolute atomic E-state index is 0.0223. The van der Waals surface area contributed by atoms with Crippen LogP contribution in [0.5, 0.6) is 0 Å². The van der Waals surface area contributed by atoms with Gasteiger partial charge in [0.15, 0.2) is 5.96 Å². The standard InChI is InChI=1S/C22H41N7O5/c1-5-13(4)16(23)20(32)29-11-7-9-15(29)18(30)28-17(12(2)3)19(31)27-14(21(33)34)8-6-10-26-22(24)25/h12-17H,5-11,23H2,1-4H3,(H,27,31)(H,28,30)(H,33,34)(H4,24,25,26). The summed E-state index contributed by atoms with van der Waals surface area (Å²) in [6.07, 6.45) is 2.34. The van der Waals surface area contributed by atoms with E-state index in [1.165, 1.54) is 4.90 Å². The molecule has 0 aromatic rings. The third-order valence-corrected chi connectivity index (χ3v) is 6.19. The Hall–Kier alpha value is -2.89. The highest BCUT2D eigenvalue weighted by Crippen LogP contribution is 2.21. The van der Waals surface area contributed by atoms with Crippen LogP contribution in [0.25, 0.3) is 0 Å². The number of hydrogen-bond acceptors (Lipinski definition) is 6. The number of aliphatic imine (C=N–C) groups is 1. The third-order valence-electron chi connectivity index (χ3n) is 6.19. The van der Waals surface area contributed by atoms with Gasteiger partial charge in [0, 0.05) is 13.1 Å². The summed E-state index contributed by atoms with van der Waals surface area (Å²) < 4.78 is 0. The van der Waals surface area contributed by atoms with E-state index >= 15 is 0 Å². The molecule has 0 spiro atoms. The molecule has 1 aliphatic rings. The topological polar surface area (TPSA) is 206 Å². The van der Waals surface area contributed by atoms with Crippen molar-refractivity contribution >= 4 is 29.7 Å². The predicted octanol–water partition coefficient (Wildman–Crippen LogP) is -0.885. The first-order chi connectivity index (χ1) is 15.9. The highest BCUT2D eigenvalue weighted by atomic mass is 16.4. The van der Waals surface area contributed by atoms with E-state index < -0.39 is 42.0 Å². The van der Waals surface area contributed by atoms with E-state index in [-0.39, 0.29) is 36.7 Å². The van der Waals surface area contributed by atoms with Gasteiger partial charge in [0.2, 0.25) is 17.7 Å². The quantitative estimate of drug-likeness (QED) is 0.110. The zero-order valence-corrected chi connectivity index (χ0v) is 20.6. The Morgan fingerprint density at radius 2 is 1.79 bits per heavy atom. The van der Waals surface area contributed by atoms with Gasteiger partial charge in [0.1, 0.15) is 18.1 Å². The largest absolute Gasteiger partial charge is 0.480 e. The summed E-state index contributed by atoms with van der Waals surface area (Å²) in [5.41, 5.74) is 16.6. The van der Waals surface area contributed by atoms with Crippen molar-refractivity contribution in [3.05, 3.63) is 0 Å². The molecule has 12 nitrogen and oxygen atoms in total. The van der Waals surface area contributed by atoms with Gasteiger partial charge in [-0.2, -0.15) is 0 Å². The number of nitrogens with one attached hydrogen (secondary N) is 2. The van der Waals surface area contributed by atoms with Crippen LogP contribution in [0.4, 0.5) is 0 Å². The summed E-state index contributed by atoms with van der Waals surface area (Å²) in [7, 11) is 0. The summed E-state index contributed by atoms with van der Waals surface area (Å²) in [4.78, 5) is 55.7. The molecule has 5 unspecified atom stereocenters. The molecule has 1 aliphatic heterocycles. The first-order valence-electron chi connectivity index (χ1n) is 11.9. The van der Waals surface area contributed by atoms with Crippen LogP contribution in [0.1, 0.15) is 59.8 Å². The molecule has 12 heteroatoms. The molecule has 9 N–H and O–H groups in total. The molecule has 0 aliphatic carbocycles. The molecule has 0 bridgehead atoms. The Labute approximate surface area is 201 Å². The second-order valence-corrected chi connectivity index (χ2v) is 9.18. The van der Waals surface area contributed by atoms with E-state index in [0.29, 0.717) is 25.8 Å². The summed E-state index contributed by atoms with van der Waals surface area (Å²) in [5, 5.41) is 14.7. The number of amides is 3. The Morgan fingerprint density at radius 1 is 1.15 bits per heavy atom. The molecule has 0 aromatic carbocycles. The van der Waals surface area contributed by atoms with Gasteiger partial charge >= 0.3 is 5.97 Å². The molecule has 5 atom stereocenters. The van der Waals surface area contributed by atoms with Gasteiger partial charge in [0.05, 0.1) is 6.04 Å². The number of hydrogen-bond donors (Lipinski definition) is 6. The van der Waals surface area contributed by atoms with Gasteiger partial charge < -0.3 is 37.8 Å². The summed E-state index contributed by atoms with van der Waals surface area (Å²) in [6, 6.07) is -3.53. The van der Waals surface area contributed by atoms with Crippen molar-refractivity contribution < 1.29 is 24.3 Å². The molecule has 3 amide bonds. The summed E-state index contributed by atoms with van der Waals surface area (Å²) >= 11 is 0. The Bertz CT molecular complexity index is 754. The average Bonchev–Trinajstić information content (AvgIpc) is 3.26. The highest BCUT2D eigenvalue weighted by Gasteiger charge is 2.39. The maximum absolute atomic E-state index is 13.1. The van der Waals surface area contributed by atoms with Gasteiger partial charge in [-0.15, -0.1) is 0 Å². The van der Waals surface area contributed by atoms with Crippen LogP contribution >= 0.6 is 0 Å². The van der Waals surface area contributed by atoms with Crippen LogP contribution in [0.2, 0.25) is 0 Å². The number of carbonyl (C=O) groups is 4. The molecule has 34 heavy (non-hydrogen) atoms. The summed E-state index contributed by atoms with van der Waals surface area (Å²) in [5.74, 6) is -2.95. The second-order valence-electron chi connectivity index (χ2n) is 9.18. The Balaban J connectivity index is 2.84. The van der Waals surface area contributed by atoms with Crippen molar-refractivity contribution in [1.29, 1.82) is 0 Å². The molecular formula is C22H41N7O5. The molecule has 0 aromatic heterocycles. The molecule has 194 valence electrons. The van der Waals surface area contributed by atoms with Crippen molar-refractivity contribution in [2.24, 2.45) is 34.0 Å². The minimum atomic E-state index is -1.20. The van der Waals surface area contributed by atoms with E-state index in [1.807, 2.05) is 13.8 Å². The minimum Gasteiger partial charge on any atom is -0.480 e. The van der Waals surface area contributed by atoms with Crippen molar-refractivity contribution in [3.63, 3.8) is 0 Å². The summed E-state index contributed by atoms with van der Waals surface area (Å²) in [6.45, 7) is 7.99. The predicted molar refractivity (Wildman–Crippen MR) is 128 cm³/mol. The molecule has 0 radical (unpaired) electrons. The number of guanidine groups is 1. The average molecular weight is 484 g/mol. The van der Waals surface area contributed by atoms with E-state index in [4.69, 9.17) is 17.2 Å². The lowest BCUT2D eigenvalue weighted by molar-refractivity contribution is -0.143. The van der Waals surface area contributed by atoms with Gasteiger partial charge in [-0.05, 0) is 37.5 Å². The molecule has 1 fully saturated rings. The zero-order chi connectivity index (χ0) is 26.0. The Kier molecular flexibility index (Phi) is 11.8. The van der Waals surface area contributed by atoms with Crippen molar-refractivity contribution in [2.75, 3.05) is 13.1 Å². The number of carbonyl (C=O) groups excluding carboxylic acids is 3. The zero-order valence-electron chi connectivity index (χ0n) is 20.6. The van der Waals surface area contributed by atoms with E-state index in [1.54, 1.807) is 13.8 Å². The number of carboxylic acid groups (broad SMARTS) is 1. The van der Waals surface area contributed by atoms with Crippen molar-refractivity contribution in [3.8, 4) is 0 Å². The lowest BCUT2D eigenvalue weighted by atomic mass is 9.98. The van der Waals surface area contributed by atoms with Gasteiger partial charge in [-0.1, -0.05) is 34.1 Å². The molecule has 1 heterocycles. The van der Waals surface area contributed by atoms with Crippen LogP contribution < -0.4 is 27.8 Å². The van der Waals surface area contributed by atoms with E-state index in [0.717, 1.165) is 6.42 Å². The number of likely N-dealkylation sites (tertiary alicyclic amines) is 1. The fraction of sp³-hybridized carbons (Fsp3) is 0.773. The molecule has 1 saturated heterocycles. The number of nitrogens with two attached hydrogens (primary N) is 3. The molecule has 0 saturated carbocycles. The third kappa shape index (κ3) is 8.47. The van der Waals surface area contributed by atoms with Crippen molar-refractivity contribution in [1.82, 2.24) is 15.5 Å². The smallest absolute Gasteiger partial charge is 0.326 e. The monoisotopic (exact) mass is 483 g/mol. The maximum atomic E-state index is 13.1. The van der Waals surface area contributed by atoms with Gasteiger partial charge in [-0.3, -0.25) is 19.4 Å². The fourth-order valence-corrected chi connectivity index (χ4v) is 3.80. The first-order valence-corrected chi connectivity index (χ1v) is 11.9. The second kappa shape index (κ2) is 13.7. The lowest BCUT2D eigenvalue weighted by Gasteiger charge is -2.31. The Morgan fingerprint density at radius 3 is 2.32 bits per heavy atom. The van der Waals surface area contributed by atoms with Crippen LogP contribution in [0, 0.1) is 11.8 Å². The first kappa shape index (κ1) is 29.1. The number of rotatable bonds is 13. The van der Waals surface area contributed by atoms with E-state index in [2.05, 4.69) is 15.6 Å². The molecule has 1 rings (SSSR count). The van der Waals surface area contributed by atoms with Crippen LogP contribution in [0.15, 0.2) is 4.99 Å². The SMILES string of the molecule is CCC(C)C(N)C(=O)N1CCCC1C(=O)NC(C(=O)NC(CCCN=C(N)N)C(=O)O)C(C)C. The molecular weight excluding hydrogens is 442 g/mol. The van der Waals surface area contributed by atoms with Gasteiger partial charge in [0.25, 0.3) is 0 Å². The normalized spacial score (nSPS) is 19.1. The van der Waals surface area contributed by atoms with Crippen molar-refractivity contribution in [2.45, 2.75) is 84.0 Å². The number of aliphatic carboxylic acids is 1. The van der Waals surface area contributed by atoms with E-state index in [9.17, 15) is 24.3 Å². The maximum Gasteiger partial charge on any atom is 0.326 e. The fourth-order valence-electron chi connectivity index (χ4n) is 3.80. The van der Waals surface area contributed by atoms with Crippen LogP contribution in [-0.4, -0.2) is 76.9 Å². The van der Waals surface area contributed by atoms with Gasteiger partial charge in [-0.25, -0.2) is 4.79 Å². The number of carboxylic acids is 1. The van der Waals surface area contributed by atoms with Crippen LogP contribution in [-0.2, 0) is 19.2 Å².